The lowest BCUT2D eigenvalue weighted by Crippen LogP contribution is -2.14. The molecular weight excluding hydrogens is 469 g/mol. The van der Waals surface area contributed by atoms with Gasteiger partial charge in [0.25, 0.3) is 11.5 Å². The Balaban J connectivity index is 1.41. The normalized spacial score (nSPS) is 10.9. The second kappa shape index (κ2) is 9.45. The van der Waals surface area contributed by atoms with Gasteiger partial charge in [0.2, 0.25) is 0 Å². The molecule has 8 nitrogen and oxygen atoms in total. The molecule has 0 atom stereocenters. The van der Waals surface area contributed by atoms with Gasteiger partial charge in [0.15, 0.2) is 0 Å². The Labute approximate surface area is 202 Å². The molecule has 4 N–H and O–H groups in total. The molecule has 5 rings (SSSR count). The highest BCUT2D eigenvalue weighted by atomic mass is 32.1. The first kappa shape index (κ1) is 22.4. The number of carbonyl (C=O) groups is 1. The molecule has 1 amide bonds. The average molecular weight is 488 g/mol. The third-order valence-corrected chi connectivity index (χ3v) is 6.35. The third-order valence-electron chi connectivity index (χ3n) is 5.23. The summed E-state index contributed by atoms with van der Waals surface area (Å²) in [6.07, 6.45) is 1.49. The molecule has 0 bridgehead atoms. The van der Waals surface area contributed by atoms with Crippen molar-refractivity contribution in [2.45, 2.75) is 6.61 Å². The highest BCUT2D eigenvalue weighted by molar-refractivity contribution is 7.20. The summed E-state index contributed by atoms with van der Waals surface area (Å²) in [6, 6.07) is 18.4. The van der Waals surface area contributed by atoms with Crippen LogP contribution in [0.15, 0.2) is 77.7 Å². The standard InChI is InChI=1S/C25H18FN5O3S/c26-17-7-6-15(9-19(17)29-25(34)22-10-16-3-1-2-4-21(16)35-22)18-11-20(24(33)31-30-18)28-23-8-5-14(13-32)12-27-23/h1-12,32H,13H2,(H,29,34)(H,31,33)(H,27,28,30). The zero-order valence-corrected chi connectivity index (χ0v) is 18.9. The number of hydrogen-bond acceptors (Lipinski definition) is 7. The van der Waals surface area contributed by atoms with E-state index in [0.29, 0.717) is 27.5 Å². The van der Waals surface area contributed by atoms with E-state index >= 15 is 0 Å². The molecule has 0 aliphatic rings. The first-order chi connectivity index (χ1) is 17.0. The first-order valence-electron chi connectivity index (χ1n) is 10.5. The fraction of sp³-hybridized carbons (Fsp3) is 0.0400. The van der Waals surface area contributed by atoms with Crippen molar-refractivity contribution in [2.75, 3.05) is 10.6 Å². The van der Waals surface area contributed by atoms with Crippen LogP contribution in [0.3, 0.4) is 0 Å². The molecule has 174 valence electrons. The number of pyridine rings is 1. The van der Waals surface area contributed by atoms with Gasteiger partial charge in [-0.1, -0.05) is 24.3 Å². The molecular formula is C25H18FN5O3S. The summed E-state index contributed by atoms with van der Waals surface area (Å²) in [5.41, 5.74) is 1.18. The Morgan fingerprint density at radius 2 is 1.91 bits per heavy atom. The number of nitrogens with one attached hydrogen (secondary N) is 3. The lowest BCUT2D eigenvalue weighted by Gasteiger charge is -2.09. The van der Waals surface area contributed by atoms with E-state index in [-0.39, 0.29) is 18.0 Å². The van der Waals surface area contributed by atoms with Crippen LogP contribution in [0.1, 0.15) is 15.2 Å². The van der Waals surface area contributed by atoms with Gasteiger partial charge in [-0.25, -0.2) is 14.5 Å². The largest absolute Gasteiger partial charge is 0.392 e. The summed E-state index contributed by atoms with van der Waals surface area (Å²) in [5.74, 6) is -0.615. The predicted octanol–water partition coefficient (Wildman–Crippen LogP) is 4.67. The molecule has 0 spiro atoms. The zero-order valence-electron chi connectivity index (χ0n) is 18.1. The van der Waals surface area contributed by atoms with Crippen LogP contribution in [0.5, 0.6) is 0 Å². The van der Waals surface area contributed by atoms with Gasteiger partial charge in [-0.15, -0.1) is 11.3 Å². The number of fused-ring (bicyclic) bond motifs is 1. The fourth-order valence-electron chi connectivity index (χ4n) is 3.43. The van der Waals surface area contributed by atoms with Gasteiger partial charge in [-0.05, 0) is 53.4 Å². The highest BCUT2D eigenvalue weighted by Crippen LogP contribution is 2.28. The van der Waals surface area contributed by atoms with E-state index in [1.165, 1.54) is 41.8 Å². The van der Waals surface area contributed by atoms with E-state index in [9.17, 15) is 14.0 Å². The quantitative estimate of drug-likeness (QED) is 0.276. The van der Waals surface area contributed by atoms with Crippen LogP contribution in [0.25, 0.3) is 21.3 Å². The topological polar surface area (TPSA) is 120 Å². The zero-order chi connectivity index (χ0) is 24.4. The van der Waals surface area contributed by atoms with Crippen LogP contribution < -0.4 is 16.2 Å². The van der Waals surface area contributed by atoms with Gasteiger partial charge in [0.05, 0.1) is 22.9 Å². The van der Waals surface area contributed by atoms with Gasteiger partial charge in [0, 0.05) is 16.5 Å². The second-order valence-electron chi connectivity index (χ2n) is 7.63. The molecule has 35 heavy (non-hydrogen) atoms. The number of carbonyl (C=O) groups excluding carboxylic acids is 1. The number of aromatic nitrogens is 3. The average Bonchev–Trinajstić information content (AvgIpc) is 3.32. The SMILES string of the molecule is O=C(Nc1cc(-c2cc(Nc3ccc(CO)cn3)c(=O)[nH]n2)ccc1F)c1cc2ccccc2s1. The van der Waals surface area contributed by atoms with Gasteiger partial charge in [-0.2, -0.15) is 5.10 Å². The van der Waals surface area contributed by atoms with Gasteiger partial charge in [0.1, 0.15) is 17.3 Å². The minimum absolute atomic E-state index is 0.00581. The van der Waals surface area contributed by atoms with E-state index in [4.69, 9.17) is 5.11 Å². The number of H-pyrrole nitrogens is 1. The summed E-state index contributed by atoms with van der Waals surface area (Å²) >= 11 is 1.32. The van der Waals surface area contributed by atoms with E-state index in [1.54, 1.807) is 18.2 Å². The summed E-state index contributed by atoms with van der Waals surface area (Å²) in [5, 5.41) is 22.1. The molecule has 5 aromatic rings. The van der Waals surface area contributed by atoms with E-state index in [1.807, 2.05) is 24.3 Å². The van der Waals surface area contributed by atoms with Crippen molar-refractivity contribution in [1.29, 1.82) is 0 Å². The molecule has 0 saturated carbocycles. The summed E-state index contributed by atoms with van der Waals surface area (Å²) in [7, 11) is 0. The number of anilines is 3. The minimum atomic E-state index is -0.598. The third kappa shape index (κ3) is 4.79. The molecule has 0 radical (unpaired) electrons. The van der Waals surface area contributed by atoms with E-state index in [0.717, 1.165) is 10.1 Å². The number of thiophene rings is 1. The summed E-state index contributed by atoms with van der Waals surface area (Å²) in [4.78, 5) is 29.6. The molecule has 3 heterocycles. The van der Waals surface area contributed by atoms with E-state index in [2.05, 4.69) is 25.8 Å². The Morgan fingerprint density at radius 3 is 2.69 bits per heavy atom. The van der Waals surface area contributed by atoms with Crippen molar-refractivity contribution in [3.63, 3.8) is 0 Å². The van der Waals surface area contributed by atoms with Crippen LogP contribution in [0.4, 0.5) is 21.6 Å². The number of rotatable bonds is 6. The summed E-state index contributed by atoms with van der Waals surface area (Å²) < 4.78 is 15.5. The van der Waals surface area contributed by atoms with Crippen molar-refractivity contribution in [2.24, 2.45) is 0 Å². The number of halogens is 1. The number of aliphatic hydroxyl groups excluding tert-OH is 1. The van der Waals surface area contributed by atoms with Gasteiger partial charge < -0.3 is 15.7 Å². The van der Waals surface area contributed by atoms with Crippen molar-refractivity contribution in [3.05, 3.63) is 99.5 Å². The van der Waals surface area contributed by atoms with Crippen molar-refractivity contribution in [3.8, 4) is 11.3 Å². The number of aliphatic hydroxyl groups is 1. The van der Waals surface area contributed by atoms with Crippen LogP contribution in [0, 0.1) is 5.82 Å². The summed E-state index contributed by atoms with van der Waals surface area (Å²) in [6.45, 7) is -0.139. The lowest BCUT2D eigenvalue weighted by molar-refractivity contribution is 0.103. The maximum absolute atomic E-state index is 14.5. The molecule has 2 aromatic carbocycles. The van der Waals surface area contributed by atoms with Crippen molar-refractivity contribution >= 4 is 44.5 Å². The van der Waals surface area contributed by atoms with Crippen LogP contribution >= 0.6 is 11.3 Å². The van der Waals surface area contributed by atoms with Gasteiger partial charge >= 0.3 is 0 Å². The Kier molecular flexibility index (Phi) is 6.04. The lowest BCUT2D eigenvalue weighted by atomic mass is 10.1. The molecule has 0 aliphatic carbocycles. The molecule has 10 heteroatoms. The Morgan fingerprint density at radius 1 is 1.06 bits per heavy atom. The smallest absolute Gasteiger partial charge is 0.287 e. The van der Waals surface area contributed by atoms with Crippen LogP contribution in [-0.2, 0) is 6.61 Å². The van der Waals surface area contributed by atoms with Crippen molar-refractivity contribution in [1.82, 2.24) is 15.2 Å². The number of hydrogen-bond donors (Lipinski definition) is 4. The second-order valence-corrected chi connectivity index (χ2v) is 8.71. The van der Waals surface area contributed by atoms with Crippen LogP contribution in [-0.4, -0.2) is 26.2 Å². The van der Waals surface area contributed by atoms with Crippen LogP contribution in [0.2, 0.25) is 0 Å². The van der Waals surface area contributed by atoms with Crippen molar-refractivity contribution < 1.29 is 14.3 Å². The molecule has 0 saturated heterocycles. The Bertz CT molecular complexity index is 1560. The molecule has 0 aliphatic heterocycles. The van der Waals surface area contributed by atoms with Gasteiger partial charge in [-0.3, -0.25) is 9.59 Å². The number of aromatic amines is 1. The highest BCUT2D eigenvalue weighted by Gasteiger charge is 2.15. The predicted molar refractivity (Wildman–Crippen MR) is 133 cm³/mol. The number of nitrogens with zero attached hydrogens (tertiary/aromatic N) is 2. The minimum Gasteiger partial charge on any atom is -0.392 e. The fourth-order valence-corrected chi connectivity index (χ4v) is 4.39. The first-order valence-corrected chi connectivity index (χ1v) is 11.3. The van der Waals surface area contributed by atoms with E-state index < -0.39 is 17.3 Å². The molecule has 0 unspecified atom stereocenters. The molecule has 3 aromatic heterocycles. The molecule has 0 fully saturated rings. The monoisotopic (exact) mass is 487 g/mol. The maximum atomic E-state index is 14.5. The Hall–Kier alpha value is -4.41. The maximum Gasteiger partial charge on any atom is 0.287 e. The number of benzene rings is 2. The number of amides is 1.